The lowest BCUT2D eigenvalue weighted by atomic mass is 9.93. The van der Waals surface area contributed by atoms with E-state index in [2.05, 4.69) is 22.6 Å². The predicted molar refractivity (Wildman–Crippen MR) is 69.4 cm³/mol. The van der Waals surface area contributed by atoms with Crippen molar-refractivity contribution in [3.05, 3.63) is 71.8 Å². The summed E-state index contributed by atoms with van der Waals surface area (Å²) in [6.07, 6.45) is -6.69. The average molecular weight is 331 g/mol. The minimum Gasteiger partial charge on any atom is -0.260 e. The molecule has 121 valence electrons. The van der Waals surface area contributed by atoms with Gasteiger partial charge in [-0.25, -0.2) is 0 Å². The van der Waals surface area contributed by atoms with Gasteiger partial charge in [-0.3, -0.25) is 9.97 Å². The van der Waals surface area contributed by atoms with Gasteiger partial charge in [-0.2, -0.15) is 26.3 Å². The smallest absolute Gasteiger partial charge is 0.260 e. The summed E-state index contributed by atoms with van der Waals surface area (Å²) in [5.74, 6) is -1.06. The standard InChI is InChI=1S/C15H9F6N2/c1-2-10(11-4-3-7-22-13(11)15(19,20)21)12-6-5-9(8-23-12)14(16,17)18/h2,4-8,10H,1H2. The summed E-state index contributed by atoms with van der Waals surface area (Å²) in [4.78, 5) is 6.88. The Morgan fingerprint density at radius 1 is 1.04 bits per heavy atom. The number of nitrogens with zero attached hydrogens (tertiary/aromatic N) is 2. The molecule has 2 heterocycles. The van der Waals surface area contributed by atoms with Crippen molar-refractivity contribution in [2.45, 2.75) is 18.3 Å². The summed E-state index contributed by atoms with van der Waals surface area (Å²) in [7, 11) is 0. The summed E-state index contributed by atoms with van der Waals surface area (Å²) in [6, 6.07) is 5.27. The number of allylic oxidation sites excluding steroid dienone is 1. The van der Waals surface area contributed by atoms with Gasteiger partial charge < -0.3 is 0 Å². The third-order valence-corrected chi connectivity index (χ3v) is 3.05. The maximum Gasteiger partial charge on any atom is 0.433 e. The van der Waals surface area contributed by atoms with Crippen LogP contribution < -0.4 is 0 Å². The molecule has 1 radical (unpaired) electrons. The summed E-state index contributed by atoms with van der Waals surface area (Å²) >= 11 is 0. The average Bonchev–Trinajstić information content (AvgIpc) is 2.47. The highest BCUT2D eigenvalue weighted by Gasteiger charge is 2.37. The third-order valence-electron chi connectivity index (χ3n) is 3.05. The summed E-state index contributed by atoms with van der Waals surface area (Å²) < 4.78 is 76.6. The van der Waals surface area contributed by atoms with Crippen LogP contribution in [0.5, 0.6) is 0 Å². The zero-order valence-corrected chi connectivity index (χ0v) is 11.4. The molecule has 0 aliphatic carbocycles. The lowest BCUT2D eigenvalue weighted by Crippen LogP contribution is -2.15. The molecule has 1 unspecified atom stereocenters. The first kappa shape index (κ1) is 17.0. The van der Waals surface area contributed by atoms with E-state index in [4.69, 9.17) is 0 Å². The van der Waals surface area contributed by atoms with Crippen LogP contribution in [-0.2, 0) is 12.4 Å². The molecule has 0 amide bonds. The zero-order chi connectivity index (χ0) is 17.3. The molecule has 0 N–H and O–H groups in total. The van der Waals surface area contributed by atoms with E-state index in [1.807, 2.05) is 0 Å². The molecule has 2 rings (SSSR count). The molecule has 0 saturated heterocycles. The van der Waals surface area contributed by atoms with E-state index >= 15 is 0 Å². The van der Waals surface area contributed by atoms with Gasteiger partial charge >= 0.3 is 12.4 Å². The minimum atomic E-state index is -4.71. The lowest BCUT2D eigenvalue weighted by molar-refractivity contribution is -0.142. The van der Waals surface area contributed by atoms with Gasteiger partial charge in [0.05, 0.1) is 11.3 Å². The topological polar surface area (TPSA) is 25.8 Å². The van der Waals surface area contributed by atoms with Crippen molar-refractivity contribution < 1.29 is 26.3 Å². The molecule has 2 aromatic heterocycles. The quantitative estimate of drug-likeness (QED) is 0.605. The van der Waals surface area contributed by atoms with Crippen molar-refractivity contribution in [1.29, 1.82) is 0 Å². The number of rotatable bonds is 3. The SMILES string of the molecule is C=CC(c1ccc(C(F)(F)F)cn1)c1c[c]cnc1C(F)(F)F. The molecular formula is C15H9F6N2. The van der Waals surface area contributed by atoms with Crippen molar-refractivity contribution in [3.8, 4) is 0 Å². The Hall–Kier alpha value is -2.38. The van der Waals surface area contributed by atoms with Gasteiger partial charge in [0.2, 0.25) is 0 Å². The highest BCUT2D eigenvalue weighted by atomic mass is 19.4. The fourth-order valence-corrected chi connectivity index (χ4v) is 2.01. The van der Waals surface area contributed by atoms with Crippen LogP contribution in [0.2, 0.25) is 0 Å². The van der Waals surface area contributed by atoms with E-state index in [-0.39, 0.29) is 11.3 Å². The van der Waals surface area contributed by atoms with Crippen LogP contribution in [0.15, 0.2) is 43.2 Å². The molecule has 23 heavy (non-hydrogen) atoms. The van der Waals surface area contributed by atoms with Crippen LogP contribution in [0, 0.1) is 6.07 Å². The fourth-order valence-electron chi connectivity index (χ4n) is 2.01. The summed E-state index contributed by atoms with van der Waals surface area (Å²) in [6.45, 7) is 3.44. The maximum absolute atomic E-state index is 13.0. The van der Waals surface area contributed by atoms with Crippen molar-refractivity contribution >= 4 is 0 Å². The van der Waals surface area contributed by atoms with Gasteiger partial charge in [0.1, 0.15) is 5.69 Å². The Labute approximate surface area is 127 Å². The molecule has 0 spiro atoms. The fraction of sp³-hybridized carbons (Fsp3) is 0.200. The lowest BCUT2D eigenvalue weighted by Gasteiger charge is -2.18. The first-order valence-corrected chi connectivity index (χ1v) is 6.23. The summed E-state index contributed by atoms with van der Waals surface area (Å²) in [5.41, 5.74) is -2.41. The third kappa shape index (κ3) is 3.69. The van der Waals surface area contributed by atoms with Crippen molar-refractivity contribution in [1.82, 2.24) is 9.97 Å². The zero-order valence-electron chi connectivity index (χ0n) is 11.4. The molecule has 0 fully saturated rings. The van der Waals surface area contributed by atoms with E-state index in [0.717, 1.165) is 30.5 Å². The number of aromatic nitrogens is 2. The van der Waals surface area contributed by atoms with Crippen LogP contribution in [-0.4, -0.2) is 9.97 Å². The van der Waals surface area contributed by atoms with Crippen molar-refractivity contribution in [3.63, 3.8) is 0 Å². The van der Waals surface area contributed by atoms with Crippen molar-refractivity contribution in [2.75, 3.05) is 0 Å². The van der Waals surface area contributed by atoms with Crippen LogP contribution >= 0.6 is 0 Å². The van der Waals surface area contributed by atoms with E-state index in [1.165, 1.54) is 0 Å². The Bertz CT molecular complexity index is 688. The molecule has 2 aromatic rings. The largest absolute Gasteiger partial charge is 0.433 e. The van der Waals surface area contributed by atoms with Crippen molar-refractivity contribution in [2.24, 2.45) is 0 Å². The molecule has 2 nitrogen and oxygen atoms in total. The number of halogens is 6. The second-order valence-corrected chi connectivity index (χ2v) is 4.55. The predicted octanol–water partition coefficient (Wildman–Crippen LogP) is 4.63. The number of alkyl halides is 6. The van der Waals surface area contributed by atoms with Gasteiger partial charge in [0.15, 0.2) is 0 Å². The molecular weight excluding hydrogens is 322 g/mol. The van der Waals surface area contributed by atoms with Crippen LogP contribution in [0.4, 0.5) is 26.3 Å². The highest BCUT2D eigenvalue weighted by Crippen LogP contribution is 2.36. The maximum atomic E-state index is 13.0. The Morgan fingerprint density at radius 3 is 2.22 bits per heavy atom. The van der Waals surface area contributed by atoms with Crippen LogP contribution in [0.3, 0.4) is 0 Å². The van der Waals surface area contributed by atoms with E-state index in [0.29, 0.717) is 6.20 Å². The summed E-state index contributed by atoms with van der Waals surface area (Å²) in [5, 5.41) is 0. The van der Waals surface area contributed by atoms with Crippen LogP contribution in [0.25, 0.3) is 0 Å². The van der Waals surface area contributed by atoms with Gasteiger partial charge in [-0.05, 0) is 23.8 Å². The minimum absolute atomic E-state index is 0.0000926. The monoisotopic (exact) mass is 331 g/mol. The van der Waals surface area contributed by atoms with Gasteiger partial charge in [-0.1, -0.05) is 6.08 Å². The molecule has 0 saturated carbocycles. The molecule has 0 bridgehead atoms. The molecule has 8 heteroatoms. The number of hydrogen-bond donors (Lipinski definition) is 0. The number of hydrogen-bond acceptors (Lipinski definition) is 2. The van der Waals surface area contributed by atoms with E-state index in [1.54, 1.807) is 0 Å². The van der Waals surface area contributed by atoms with Crippen LogP contribution in [0.1, 0.15) is 28.4 Å². The van der Waals surface area contributed by atoms with E-state index < -0.39 is 29.5 Å². The van der Waals surface area contributed by atoms with Gasteiger partial charge in [-0.15, -0.1) is 6.58 Å². The Kier molecular flexibility index (Phi) is 4.44. The molecule has 0 aromatic carbocycles. The van der Waals surface area contributed by atoms with Gasteiger partial charge in [0, 0.05) is 24.4 Å². The number of pyridine rings is 2. The normalized spacial score (nSPS) is 13.7. The van der Waals surface area contributed by atoms with E-state index in [9.17, 15) is 26.3 Å². The molecule has 0 aliphatic rings. The highest BCUT2D eigenvalue weighted by molar-refractivity contribution is 5.37. The second kappa shape index (κ2) is 6.02. The first-order valence-electron chi connectivity index (χ1n) is 6.23. The Morgan fingerprint density at radius 2 is 1.74 bits per heavy atom. The Balaban J connectivity index is 2.48. The molecule has 0 aliphatic heterocycles. The van der Waals surface area contributed by atoms with Gasteiger partial charge in [0.25, 0.3) is 0 Å². The first-order chi connectivity index (χ1) is 10.6. The second-order valence-electron chi connectivity index (χ2n) is 4.55. The molecule has 1 atom stereocenters.